The molecular formula is C17H18F3N3O. The fraction of sp³-hybridized carbons (Fsp3) is 0.294. The number of nitrogens with one attached hydrogen (secondary N) is 2. The number of rotatable bonds is 6. The van der Waals surface area contributed by atoms with Crippen LogP contribution in [0, 0.1) is 23.4 Å². The zero-order chi connectivity index (χ0) is 17.7. The van der Waals surface area contributed by atoms with E-state index in [0.717, 1.165) is 18.6 Å². The predicted octanol–water partition coefficient (Wildman–Crippen LogP) is 4.02. The predicted molar refractivity (Wildman–Crippen MR) is 85.6 cm³/mol. The Morgan fingerprint density at radius 2 is 1.92 bits per heavy atom. The van der Waals surface area contributed by atoms with Crippen LogP contribution in [0.25, 0.3) is 0 Å². The van der Waals surface area contributed by atoms with Crippen LogP contribution in [0.2, 0.25) is 0 Å². The van der Waals surface area contributed by atoms with Gasteiger partial charge in [-0.3, -0.25) is 9.78 Å². The molecule has 1 amide bonds. The van der Waals surface area contributed by atoms with Crippen molar-refractivity contribution in [1.82, 2.24) is 10.3 Å². The van der Waals surface area contributed by atoms with Crippen molar-refractivity contribution in [2.45, 2.75) is 20.3 Å². The fourth-order valence-electron chi connectivity index (χ4n) is 1.99. The first-order chi connectivity index (χ1) is 11.4. The highest BCUT2D eigenvalue weighted by atomic mass is 19.2. The summed E-state index contributed by atoms with van der Waals surface area (Å²) in [4.78, 5) is 15.9. The van der Waals surface area contributed by atoms with Crippen LogP contribution in [-0.4, -0.2) is 17.4 Å². The van der Waals surface area contributed by atoms with Crippen molar-refractivity contribution in [3.63, 3.8) is 0 Å². The van der Waals surface area contributed by atoms with E-state index in [0.29, 0.717) is 12.5 Å². The average Bonchev–Trinajstić information content (AvgIpc) is 2.55. The van der Waals surface area contributed by atoms with Crippen molar-refractivity contribution in [2.75, 3.05) is 11.9 Å². The molecule has 2 N–H and O–H groups in total. The molecule has 2 aromatic rings. The molecule has 2 rings (SSSR count). The lowest BCUT2D eigenvalue weighted by molar-refractivity contribution is 0.0951. The molecule has 0 aliphatic rings. The standard InChI is InChI=1S/C17H18F3N3O/c1-10(2)5-6-22-17(24)11-7-12(9-21-8-11)23-14-4-3-13(18)15(19)16(14)20/h3-4,7-10,23H,5-6H2,1-2H3,(H,22,24). The van der Waals surface area contributed by atoms with Gasteiger partial charge in [0, 0.05) is 12.7 Å². The molecule has 1 aromatic carbocycles. The van der Waals surface area contributed by atoms with E-state index >= 15 is 0 Å². The second-order valence-electron chi connectivity index (χ2n) is 5.75. The molecule has 0 fully saturated rings. The molecule has 0 atom stereocenters. The minimum absolute atomic E-state index is 0.243. The summed E-state index contributed by atoms with van der Waals surface area (Å²) in [6.07, 6.45) is 3.57. The van der Waals surface area contributed by atoms with Gasteiger partial charge in [0.25, 0.3) is 5.91 Å². The fourth-order valence-corrected chi connectivity index (χ4v) is 1.99. The summed E-state index contributed by atoms with van der Waals surface area (Å²) in [6, 6.07) is 3.35. The van der Waals surface area contributed by atoms with Gasteiger partial charge in [-0.15, -0.1) is 0 Å². The molecule has 24 heavy (non-hydrogen) atoms. The molecule has 0 aliphatic heterocycles. The van der Waals surface area contributed by atoms with Crippen LogP contribution >= 0.6 is 0 Å². The second-order valence-corrected chi connectivity index (χ2v) is 5.75. The number of hydrogen-bond acceptors (Lipinski definition) is 3. The number of anilines is 2. The number of pyridine rings is 1. The molecule has 0 unspecified atom stereocenters. The highest BCUT2D eigenvalue weighted by molar-refractivity contribution is 5.94. The summed E-state index contributed by atoms with van der Waals surface area (Å²) < 4.78 is 39.8. The van der Waals surface area contributed by atoms with Crippen LogP contribution in [0.3, 0.4) is 0 Å². The Kier molecular flexibility index (Phi) is 5.78. The summed E-state index contributed by atoms with van der Waals surface area (Å²) in [5.74, 6) is -4.00. The third-order valence-electron chi connectivity index (χ3n) is 3.32. The largest absolute Gasteiger partial charge is 0.352 e. The number of carbonyl (C=O) groups excluding carboxylic acids is 1. The average molecular weight is 337 g/mol. The zero-order valence-electron chi connectivity index (χ0n) is 13.4. The molecular weight excluding hydrogens is 319 g/mol. The number of carbonyl (C=O) groups is 1. The minimum atomic E-state index is -1.56. The molecule has 0 bridgehead atoms. The Bertz CT molecular complexity index is 735. The SMILES string of the molecule is CC(C)CCNC(=O)c1cncc(Nc2ccc(F)c(F)c2F)c1. The smallest absolute Gasteiger partial charge is 0.252 e. The second kappa shape index (κ2) is 7.81. The lowest BCUT2D eigenvalue weighted by Crippen LogP contribution is -2.25. The molecule has 4 nitrogen and oxygen atoms in total. The first kappa shape index (κ1) is 17.8. The van der Waals surface area contributed by atoms with Crippen LogP contribution in [0.1, 0.15) is 30.6 Å². The van der Waals surface area contributed by atoms with Gasteiger partial charge in [-0.25, -0.2) is 13.2 Å². The molecule has 1 aromatic heterocycles. The summed E-state index contributed by atoms with van der Waals surface area (Å²) in [5.41, 5.74) is 0.330. The number of halogens is 3. The zero-order valence-corrected chi connectivity index (χ0v) is 13.4. The van der Waals surface area contributed by atoms with Crippen LogP contribution in [0.15, 0.2) is 30.6 Å². The first-order valence-electron chi connectivity index (χ1n) is 7.52. The number of hydrogen-bond donors (Lipinski definition) is 2. The van der Waals surface area contributed by atoms with Crippen LogP contribution in [0.5, 0.6) is 0 Å². The summed E-state index contributed by atoms with van der Waals surface area (Å²) in [7, 11) is 0. The quantitative estimate of drug-likeness (QED) is 0.783. The van der Waals surface area contributed by atoms with Crippen LogP contribution < -0.4 is 10.6 Å². The van der Waals surface area contributed by atoms with Gasteiger partial charge >= 0.3 is 0 Å². The molecule has 128 valence electrons. The van der Waals surface area contributed by atoms with Gasteiger partial charge in [0.15, 0.2) is 17.5 Å². The van der Waals surface area contributed by atoms with Crippen molar-refractivity contribution in [3.8, 4) is 0 Å². The van der Waals surface area contributed by atoms with E-state index in [-0.39, 0.29) is 22.8 Å². The molecule has 0 saturated heterocycles. The van der Waals surface area contributed by atoms with Gasteiger partial charge < -0.3 is 10.6 Å². The lowest BCUT2D eigenvalue weighted by atomic mass is 10.1. The number of nitrogens with zero attached hydrogens (tertiary/aromatic N) is 1. The maximum absolute atomic E-state index is 13.7. The lowest BCUT2D eigenvalue weighted by Gasteiger charge is -2.10. The van der Waals surface area contributed by atoms with Gasteiger partial charge in [-0.2, -0.15) is 0 Å². The molecule has 7 heteroatoms. The van der Waals surface area contributed by atoms with E-state index in [1.807, 2.05) is 0 Å². The van der Waals surface area contributed by atoms with E-state index < -0.39 is 17.5 Å². The van der Waals surface area contributed by atoms with Gasteiger partial charge in [-0.1, -0.05) is 13.8 Å². The van der Waals surface area contributed by atoms with Crippen molar-refractivity contribution >= 4 is 17.3 Å². The van der Waals surface area contributed by atoms with E-state index in [4.69, 9.17) is 0 Å². The van der Waals surface area contributed by atoms with Crippen molar-refractivity contribution in [1.29, 1.82) is 0 Å². The third-order valence-corrected chi connectivity index (χ3v) is 3.32. The van der Waals surface area contributed by atoms with Gasteiger partial charge in [-0.05, 0) is 30.5 Å². The number of aromatic nitrogens is 1. The molecule has 0 saturated carbocycles. The van der Waals surface area contributed by atoms with Gasteiger partial charge in [0.1, 0.15) is 0 Å². The molecule has 0 aliphatic carbocycles. The van der Waals surface area contributed by atoms with Crippen LogP contribution in [-0.2, 0) is 0 Å². The Hall–Kier alpha value is -2.57. The van der Waals surface area contributed by atoms with Crippen molar-refractivity contribution in [2.24, 2.45) is 5.92 Å². The van der Waals surface area contributed by atoms with Crippen molar-refractivity contribution < 1.29 is 18.0 Å². The van der Waals surface area contributed by atoms with Gasteiger partial charge in [0.05, 0.1) is 23.1 Å². The highest BCUT2D eigenvalue weighted by Crippen LogP contribution is 2.23. The van der Waals surface area contributed by atoms with Crippen molar-refractivity contribution in [3.05, 3.63) is 53.6 Å². The van der Waals surface area contributed by atoms with E-state index in [1.54, 1.807) is 0 Å². The topological polar surface area (TPSA) is 54.0 Å². The summed E-state index contributed by atoms with van der Waals surface area (Å²) in [5, 5.41) is 5.34. The molecule has 0 spiro atoms. The van der Waals surface area contributed by atoms with E-state index in [9.17, 15) is 18.0 Å². The Morgan fingerprint density at radius 1 is 1.17 bits per heavy atom. The third kappa shape index (κ3) is 4.47. The van der Waals surface area contributed by atoms with E-state index in [1.165, 1.54) is 18.5 Å². The summed E-state index contributed by atoms with van der Waals surface area (Å²) in [6.45, 7) is 4.63. The van der Waals surface area contributed by atoms with E-state index in [2.05, 4.69) is 29.5 Å². The minimum Gasteiger partial charge on any atom is -0.352 e. The monoisotopic (exact) mass is 337 g/mol. The normalized spacial score (nSPS) is 10.8. The van der Waals surface area contributed by atoms with Crippen LogP contribution in [0.4, 0.5) is 24.5 Å². The number of benzene rings is 1. The Balaban J connectivity index is 2.10. The number of amides is 1. The Morgan fingerprint density at radius 3 is 2.62 bits per heavy atom. The Labute approximate surface area is 138 Å². The first-order valence-corrected chi connectivity index (χ1v) is 7.52. The summed E-state index contributed by atoms with van der Waals surface area (Å²) >= 11 is 0. The maximum Gasteiger partial charge on any atom is 0.252 e. The molecule has 0 radical (unpaired) electrons. The molecule has 1 heterocycles. The van der Waals surface area contributed by atoms with Gasteiger partial charge in [0.2, 0.25) is 0 Å². The highest BCUT2D eigenvalue weighted by Gasteiger charge is 2.14. The maximum atomic E-state index is 13.7.